The third kappa shape index (κ3) is 3.77. The van der Waals surface area contributed by atoms with Crippen LogP contribution in [-0.4, -0.2) is 16.8 Å². The van der Waals surface area contributed by atoms with E-state index < -0.39 is 0 Å². The maximum Gasteiger partial charge on any atom is 0.255 e. The Kier molecular flexibility index (Phi) is 4.87. The standard InChI is InChI=1S/C22H17N3O2S/c1-14(26)24-16-6-8-17(9-7-16)25-22(27)15-10-11-23-20(12-15)19-13-28-21-5-3-2-4-18(19)21/h2-13H,1H3,(H,24,26)(H,25,27). The van der Waals surface area contributed by atoms with Crippen LogP contribution >= 0.6 is 11.3 Å². The fourth-order valence-electron chi connectivity index (χ4n) is 2.94. The van der Waals surface area contributed by atoms with Crippen LogP contribution < -0.4 is 10.6 Å². The Hall–Kier alpha value is -3.51. The summed E-state index contributed by atoms with van der Waals surface area (Å²) in [6, 6.07) is 18.6. The van der Waals surface area contributed by atoms with Crippen molar-refractivity contribution >= 4 is 44.6 Å². The van der Waals surface area contributed by atoms with Gasteiger partial charge in [-0.15, -0.1) is 11.3 Å². The van der Waals surface area contributed by atoms with Crippen molar-refractivity contribution < 1.29 is 9.59 Å². The summed E-state index contributed by atoms with van der Waals surface area (Å²) in [7, 11) is 0. The zero-order valence-corrected chi connectivity index (χ0v) is 15.9. The highest BCUT2D eigenvalue weighted by Crippen LogP contribution is 2.33. The predicted octanol–water partition coefficient (Wildman–Crippen LogP) is 5.17. The third-order valence-corrected chi connectivity index (χ3v) is 5.21. The summed E-state index contributed by atoms with van der Waals surface area (Å²) >= 11 is 1.66. The Balaban J connectivity index is 1.55. The van der Waals surface area contributed by atoms with E-state index in [0.29, 0.717) is 16.9 Å². The Labute approximate surface area is 166 Å². The molecule has 0 unspecified atom stereocenters. The molecular weight excluding hydrogens is 370 g/mol. The molecule has 0 radical (unpaired) electrons. The molecule has 28 heavy (non-hydrogen) atoms. The number of fused-ring (bicyclic) bond motifs is 1. The summed E-state index contributed by atoms with van der Waals surface area (Å²) in [5.74, 6) is -0.350. The number of nitrogens with zero attached hydrogens (tertiary/aromatic N) is 1. The van der Waals surface area contributed by atoms with E-state index in [1.54, 1.807) is 53.9 Å². The quantitative estimate of drug-likeness (QED) is 0.507. The average Bonchev–Trinajstić information content (AvgIpc) is 3.13. The minimum absolute atomic E-state index is 0.137. The second-order valence-electron chi connectivity index (χ2n) is 6.29. The first-order chi connectivity index (χ1) is 13.6. The Bertz CT molecular complexity index is 1170. The Morgan fingerprint density at radius 3 is 2.39 bits per heavy atom. The number of thiophene rings is 1. The van der Waals surface area contributed by atoms with Crippen molar-refractivity contribution in [3.63, 3.8) is 0 Å². The molecular formula is C22H17N3O2S. The third-order valence-electron chi connectivity index (χ3n) is 4.24. The molecule has 138 valence electrons. The van der Waals surface area contributed by atoms with Crippen molar-refractivity contribution in [2.75, 3.05) is 10.6 Å². The number of hydrogen-bond acceptors (Lipinski definition) is 4. The fraction of sp³-hybridized carbons (Fsp3) is 0.0455. The molecule has 2 amide bonds. The van der Waals surface area contributed by atoms with Crippen LogP contribution in [0.2, 0.25) is 0 Å². The lowest BCUT2D eigenvalue weighted by molar-refractivity contribution is -0.114. The van der Waals surface area contributed by atoms with E-state index in [9.17, 15) is 9.59 Å². The normalized spacial score (nSPS) is 10.6. The molecule has 0 saturated carbocycles. The molecule has 2 N–H and O–H groups in total. The van der Waals surface area contributed by atoms with Gasteiger partial charge in [0.25, 0.3) is 5.91 Å². The number of anilines is 2. The van der Waals surface area contributed by atoms with Crippen LogP contribution in [0.1, 0.15) is 17.3 Å². The lowest BCUT2D eigenvalue weighted by Crippen LogP contribution is -2.12. The van der Waals surface area contributed by atoms with Crippen molar-refractivity contribution in [1.82, 2.24) is 4.98 Å². The number of pyridine rings is 1. The molecule has 5 nitrogen and oxygen atoms in total. The van der Waals surface area contributed by atoms with E-state index in [-0.39, 0.29) is 11.8 Å². The lowest BCUT2D eigenvalue weighted by atomic mass is 10.1. The lowest BCUT2D eigenvalue weighted by Gasteiger charge is -2.08. The van der Waals surface area contributed by atoms with Gasteiger partial charge in [-0.1, -0.05) is 18.2 Å². The number of benzene rings is 2. The molecule has 4 rings (SSSR count). The molecule has 6 heteroatoms. The highest BCUT2D eigenvalue weighted by Gasteiger charge is 2.11. The van der Waals surface area contributed by atoms with Crippen LogP contribution in [-0.2, 0) is 4.79 Å². The minimum atomic E-state index is -0.213. The molecule has 0 saturated heterocycles. The summed E-state index contributed by atoms with van der Waals surface area (Å²) in [6.45, 7) is 1.45. The number of amides is 2. The molecule has 0 aliphatic carbocycles. The number of rotatable bonds is 4. The summed E-state index contributed by atoms with van der Waals surface area (Å²) in [4.78, 5) is 28.2. The molecule has 0 bridgehead atoms. The maximum absolute atomic E-state index is 12.7. The van der Waals surface area contributed by atoms with Crippen LogP contribution in [0.3, 0.4) is 0 Å². The molecule has 4 aromatic rings. The number of hydrogen-bond donors (Lipinski definition) is 2. The predicted molar refractivity (Wildman–Crippen MR) is 114 cm³/mol. The van der Waals surface area contributed by atoms with Crippen molar-refractivity contribution in [3.8, 4) is 11.3 Å². The van der Waals surface area contributed by atoms with E-state index in [1.807, 2.05) is 12.1 Å². The van der Waals surface area contributed by atoms with Gasteiger partial charge < -0.3 is 10.6 Å². The summed E-state index contributed by atoms with van der Waals surface area (Å²) in [5.41, 5.74) is 3.66. The van der Waals surface area contributed by atoms with Crippen molar-refractivity contribution in [2.24, 2.45) is 0 Å². The van der Waals surface area contributed by atoms with Crippen molar-refractivity contribution in [2.45, 2.75) is 6.92 Å². The van der Waals surface area contributed by atoms with Gasteiger partial charge in [-0.05, 0) is 42.5 Å². The van der Waals surface area contributed by atoms with Crippen molar-refractivity contribution in [1.29, 1.82) is 0 Å². The summed E-state index contributed by atoms with van der Waals surface area (Å²) < 4.78 is 1.19. The highest BCUT2D eigenvalue weighted by atomic mass is 32.1. The molecule has 0 spiro atoms. The maximum atomic E-state index is 12.7. The second kappa shape index (κ2) is 7.62. The zero-order valence-electron chi connectivity index (χ0n) is 15.1. The van der Waals surface area contributed by atoms with Gasteiger partial charge in [-0.3, -0.25) is 14.6 Å². The fourth-order valence-corrected chi connectivity index (χ4v) is 3.89. The molecule has 0 atom stereocenters. The van der Waals surface area contributed by atoms with Gasteiger partial charge >= 0.3 is 0 Å². The van der Waals surface area contributed by atoms with Gasteiger partial charge in [0.2, 0.25) is 5.91 Å². The molecule has 2 aromatic carbocycles. The van der Waals surface area contributed by atoms with Crippen molar-refractivity contribution in [3.05, 3.63) is 77.8 Å². The van der Waals surface area contributed by atoms with Crippen LogP contribution in [0.5, 0.6) is 0 Å². The summed E-state index contributed by atoms with van der Waals surface area (Å²) in [5, 5.41) is 8.76. The van der Waals surface area contributed by atoms with Gasteiger partial charge in [0.05, 0.1) is 5.69 Å². The van der Waals surface area contributed by atoms with E-state index in [2.05, 4.69) is 33.1 Å². The summed E-state index contributed by atoms with van der Waals surface area (Å²) in [6.07, 6.45) is 1.65. The van der Waals surface area contributed by atoms with Gasteiger partial charge in [0, 0.05) is 51.1 Å². The molecule has 0 fully saturated rings. The number of carbonyl (C=O) groups is 2. The minimum Gasteiger partial charge on any atom is -0.326 e. The van der Waals surface area contributed by atoms with E-state index in [1.165, 1.54) is 11.6 Å². The van der Waals surface area contributed by atoms with Crippen LogP contribution in [0.15, 0.2) is 72.2 Å². The van der Waals surface area contributed by atoms with Crippen LogP contribution in [0, 0.1) is 0 Å². The molecule has 2 heterocycles. The Morgan fingerprint density at radius 1 is 0.929 bits per heavy atom. The number of aromatic nitrogens is 1. The SMILES string of the molecule is CC(=O)Nc1ccc(NC(=O)c2ccnc(-c3csc4ccccc34)c2)cc1. The van der Waals surface area contributed by atoms with E-state index >= 15 is 0 Å². The highest BCUT2D eigenvalue weighted by molar-refractivity contribution is 7.17. The zero-order chi connectivity index (χ0) is 19.5. The largest absolute Gasteiger partial charge is 0.326 e. The first kappa shape index (κ1) is 17.9. The number of carbonyl (C=O) groups excluding carboxylic acids is 2. The van der Waals surface area contributed by atoms with Gasteiger partial charge in [0.1, 0.15) is 0 Å². The Morgan fingerprint density at radius 2 is 1.64 bits per heavy atom. The van der Waals surface area contributed by atoms with Crippen LogP contribution in [0.25, 0.3) is 21.3 Å². The molecule has 0 aliphatic rings. The van der Waals surface area contributed by atoms with Gasteiger partial charge in [-0.25, -0.2) is 0 Å². The first-order valence-electron chi connectivity index (χ1n) is 8.72. The second-order valence-corrected chi connectivity index (χ2v) is 7.20. The monoisotopic (exact) mass is 387 g/mol. The van der Waals surface area contributed by atoms with E-state index in [0.717, 1.165) is 16.6 Å². The number of nitrogens with one attached hydrogen (secondary N) is 2. The average molecular weight is 387 g/mol. The first-order valence-corrected chi connectivity index (χ1v) is 9.60. The van der Waals surface area contributed by atoms with Crippen LogP contribution in [0.4, 0.5) is 11.4 Å². The molecule has 0 aliphatic heterocycles. The van der Waals surface area contributed by atoms with E-state index in [4.69, 9.17) is 0 Å². The molecule has 2 aromatic heterocycles. The van der Waals surface area contributed by atoms with Gasteiger partial charge in [-0.2, -0.15) is 0 Å². The smallest absolute Gasteiger partial charge is 0.255 e. The topological polar surface area (TPSA) is 71.1 Å². The van der Waals surface area contributed by atoms with Gasteiger partial charge in [0.15, 0.2) is 0 Å².